The maximum Gasteiger partial charge on any atom is 0.335 e. The van der Waals surface area contributed by atoms with E-state index in [-0.39, 0.29) is 17.5 Å². The van der Waals surface area contributed by atoms with Gasteiger partial charge in [-0.2, -0.15) is 0 Å². The molecule has 3 aliphatic rings. The lowest BCUT2D eigenvalue weighted by atomic mass is 9.94. The molecule has 0 spiro atoms. The second kappa shape index (κ2) is 12.0. The van der Waals surface area contributed by atoms with Gasteiger partial charge in [0, 0.05) is 11.6 Å². The number of aromatic carboxylic acids is 1. The summed E-state index contributed by atoms with van der Waals surface area (Å²) in [7, 11) is 0. The van der Waals surface area contributed by atoms with Crippen molar-refractivity contribution in [3.05, 3.63) is 70.1 Å². The maximum absolute atomic E-state index is 13.7. The number of amides is 1. The van der Waals surface area contributed by atoms with Crippen molar-refractivity contribution in [3.63, 3.8) is 0 Å². The number of para-hydroxylation sites is 1. The summed E-state index contributed by atoms with van der Waals surface area (Å²) < 4.78 is 6.10. The van der Waals surface area contributed by atoms with E-state index in [9.17, 15) is 9.59 Å². The number of ether oxygens (including phenoxy) is 1. The number of nitrogens with zero attached hydrogens (tertiary/aromatic N) is 2. The largest absolute Gasteiger partial charge is 0.488 e. The molecule has 0 atom stereocenters. The minimum Gasteiger partial charge on any atom is -0.488 e. The standard InChI is InChI=1S/C30H34N2O4S/c33-28-27(37-30(31-24-10-3-1-4-11-24)32(28)25-12-5-2-6-13-25)19-23-9-7-8-14-26(23)36-20-21-15-17-22(18-16-21)29(34)35/h7-9,14-19,24-25H,1-6,10-13,20H2,(H,34,35)/b27-19-,31-30?. The smallest absolute Gasteiger partial charge is 0.335 e. The lowest BCUT2D eigenvalue weighted by Crippen LogP contribution is -2.41. The van der Waals surface area contributed by atoms with Crippen LogP contribution in [0.4, 0.5) is 0 Å². The van der Waals surface area contributed by atoms with Crippen LogP contribution in [0.3, 0.4) is 0 Å². The molecule has 2 aromatic rings. The molecule has 0 radical (unpaired) electrons. The van der Waals surface area contributed by atoms with E-state index in [0.717, 1.165) is 42.0 Å². The molecule has 6 nitrogen and oxygen atoms in total. The number of rotatable bonds is 7. The molecule has 1 heterocycles. The predicted octanol–water partition coefficient (Wildman–Crippen LogP) is 6.90. The van der Waals surface area contributed by atoms with Crippen molar-refractivity contribution in [2.45, 2.75) is 82.9 Å². The van der Waals surface area contributed by atoms with Crippen LogP contribution < -0.4 is 4.74 Å². The third-order valence-corrected chi connectivity index (χ3v) is 8.44. The Balaban J connectivity index is 1.37. The van der Waals surface area contributed by atoms with Gasteiger partial charge in [0.25, 0.3) is 5.91 Å². The van der Waals surface area contributed by atoms with Crippen molar-refractivity contribution >= 4 is 34.9 Å². The van der Waals surface area contributed by atoms with Gasteiger partial charge < -0.3 is 9.84 Å². The number of carboxylic acids is 1. The third kappa shape index (κ3) is 6.27. The highest BCUT2D eigenvalue weighted by Gasteiger charge is 2.39. The van der Waals surface area contributed by atoms with Crippen LogP contribution in [0, 0.1) is 0 Å². The fraction of sp³-hybridized carbons (Fsp3) is 0.433. The molecule has 1 saturated heterocycles. The summed E-state index contributed by atoms with van der Waals surface area (Å²) in [5.41, 5.74) is 1.98. The maximum atomic E-state index is 13.7. The summed E-state index contributed by atoms with van der Waals surface area (Å²) in [5.74, 6) is -0.199. The van der Waals surface area contributed by atoms with Crippen LogP contribution in [0.2, 0.25) is 0 Å². The molecule has 0 bridgehead atoms. The van der Waals surface area contributed by atoms with Gasteiger partial charge in [0.15, 0.2) is 5.17 Å². The Hall–Kier alpha value is -3.06. The van der Waals surface area contributed by atoms with E-state index in [2.05, 4.69) is 0 Å². The van der Waals surface area contributed by atoms with Crippen molar-refractivity contribution in [3.8, 4) is 5.75 Å². The summed E-state index contributed by atoms with van der Waals surface area (Å²) in [6, 6.07) is 15.0. The number of carboxylic acid groups (broad SMARTS) is 1. The molecular formula is C30H34N2O4S. The number of hydrogen-bond donors (Lipinski definition) is 1. The molecule has 1 amide bonds. The first kappa shape index (κ1) is 25.6. The van der Waals surface area contributed by atoms with E-state index in [0.29, 0.717) is 23.3 Å². The Morgan fingerprint density at radius 3 is 2.35 bits per heavy atom. The van der Waals surface area contributed by atoms with Gasteiger partial charge in [0.2, 0.25) is 0 Å². The van der Waals surface area contributed by atoms with Gasteiger partial charge in [0.1, 0.15) is 12.4 Å². The average molecular weight is 519 g/mol. The van der Waals surface area contributed by atoms with E-state index >= 15 is 0 Å². The van der Waals surface area contributed by atoms with Gasteiger partial charge >= 0.3 is 5.97 Å². The lowest BCUT2D eigenvalue weighted by Gasteiger charge is -2.31. The normalized spacial score (nSPS) is 21.6. The molecular weight excluding hydrogens is 484 g/mol. The second-order valence-electron chi connectivity index (χ2n) is 10.1. The Labute approximate surface area is 222 Å². The van der Waals surface area contributed by atoms with Crippen LogP contribution in [0.5, 0.6) is 5.75 Å². The van der Waals surface area contributed by atoms with Crippen LogP contribution in [-0.2, 0) is 11.4 Å². The second-order valence-corrected chi connectivity index (χ2v) is 11.1. The molecule has 2 aliphatic carbocycles. The molecule has 2 aromatic carbocycles. The van der Waals surface area contributed by atoms with E-state index in [4.69, 9.17) is 14.8 Å². The summed E-state index contributed by atoms with van der Waals surface area (Å²) in [4.78, 5) is 32.6. The van der Waals surface area contributed by atoms with Crippen molar-refractivity contribution < 1.29 is 19.4 Å². The molecule has 37 heavy (non-hydrogen) atoms. The quantitative estimate of drug-likeness (QED) is 0.403. The topological polar surface area (TPSA) is 79.2 Å². The van der Waals surface area contributed by atoms with Crippen molar-refractivity contribution in [1.29, 1.82) is 0 Å². The minimum absolute atomic E-state index is 0.0607. The van der Waals surface area contributed by atoms with Gasteiger partial charge in [-0.25, -0.2) is 4.79 Å². The van der Waals surface area contributed by atoms with Gasteiger partial charge in [0.05, 0.1) is 16.5 Å². The first-order valence-corrected chi connectivity index (χ1v) is 14.2. The van der Waals surface area contributed by atoms with Crippen LogP contribution in [-0.4, -0.2) is 39.1 Å². The Morgan fingerprint density at radius 2 is 1.65 bits per heavy atom. The Bertz CT molecular complexity index is 1180. The zero-order valence-corrected chi connectivity index (χ0v) is 21.9. The first-order chi connectivity index (χ1) is 18.1. The number of carbonyl (C=O) groups is 2. The van der Waals surface area contributed by atoms with Crippen LogP contribution in [0.15, 0.2) is 58.4 Å². The number of carbonyl (C=O) groups excluding carboxylic acids is 1. The van der Waals surface area contributed by atoms with E-state index in [1.165, 1.54) is 50.3 Å². The fourth-order valence-electron chi connectivity index (χ4n) is 5.38. The molecule has 1 N–H and O–H groups in total. The number of aliphatic imine (C=N–C) groups is 1. The summed E-state index contributed by atoms with van der Waals surface area (Å²) in [6.45, 7) is 0.309. The first-order valence-electron chi connectivity index (χ1n) is 13.4. The molecule has 7 heteroatoms. The molecule has 1 aliphatic heterocycles. The molecule has 0 unspecified atom stereocenters. The van der Waals surface area contributed by atoms with E-state index < -0.39 is 5.97 Å². The summed E-state index contributed by atoms with van der Waals surface area (Å²) in [5, 5.41) is 9.99. The van der Waals surface area contributed by atoms with Crippen LogP contribution in [0.25, 0.3) is 6.08 Å². The van der Waals surface area contributed by atoms with Crippen LogP contribution in [0.1, 0.15) is 85.7 Å². The highest BCUT2D eigenvalue weighted by atomic mass is 32.2. The van der Waals surface area contributed by atoms with Crippen molar-refractivity contribution in [1.82, 2.24) is 4.90 Å². The van der Waals surface area contributed by atoms with Gasteiger partial charge in [-0.15, -0.1) is 0 Å². The van der Waals surface area contributed by atoms with E-state index in [1.807, 2.05) is 35.2 Å². The monoisotopic (exact) mass is 518 g/mol. The third-order valence-electron chi connectivity index (χ3n) is 7.45. The number of amidine groups is 1. The zero-order chi connectivity index (χ0) is 25.6. The zero-order valence-electron chi connectivity index (χ0n) is 21.1. The van der Waals surface area contributed by atoms with Crippen LogP contribution >= 0.6 is 11.8 Å². The number of thioether (sulfide) groups is 1. The molecule has 0 aromatic heterocycles. The highest BCUT2D eigenvalue weighted by Crippen LogP contribution is 2.39. The van der Waals surface area contributed by atoms with Crippen molar-refractivity contribution in [2.24, 2.45) is 4.99 Å². The number of benzene rings is 2. The average Bonchev–Trinajstić information content (AvgIpc) is 3.23. The van der Waals surface area contributed by atoms with Gasteiger partial charge in [-0.1, -0.05) is 68.9 Å². The lowest BCUT2D eigenvalue weighted by molar-refractivity contribution is -0.124. The molecule has 3 fully saturated rings. The molecule has 5 rings (SSSR count). The minimum atomic E-state index is -0.947. The Morgan fingerprint density at radius 1 is 0.973 bits per heavy atom. The van der Waals surface area contributed by atoms with Crippen molar-refractivity contribution in [2.75, 3.05) is 0 Å². The Kier molecular flexibility index (Phi) is 8.29. The highest BCUT2D eigenvalue weighted by molar-refractivity contribution is 8.18. The number of hydrogen-bond acceptors (Lipinski definition) is 5. The SMILES string of the molecule is O=C(O)c1ccc(COc2ccccc2/C=C2\SC(=NC3CCCCC3)N(C3CCCCC3)C2=O)cc1. The van der Waals surface area contributed by atoms with E-state index in [1.54, 1.807) is 24.3 Å². The summed E-state index contributed by atoms with van der Waals surface area (Å²) in [6.07, 6.45) is 13.5. The van der Waals surface area contributed by atoms with Gasteiger partial charge in [-0.3, -0.25) is 14.7 Å². The fourth-order valence-corrected chi connectivity index (χ4v) is 6.48. The van der Waals surface area contributed by atoms with Gasteiger partial charge in [-0.05, 0) is 67.3 Å². The molecule has 2 saturated carbocycles. The molecule has 194 valence electrons. The summed E-state index contributed by atoms with van der Waals surface area (Å²) >= 11 is 1.51. The predicted molar refractivity (Wildman–Crippen MR) is 148 cm³/mol.